The molecule has 128 valence electrons. The monoisotopic (exact) mass is 326 g/mol. The van der Waals surface area contributed by atoms with E-state index < -0.39 is 0 Å². The lowest BCUT2D eigenvalue weighted by molar-refractivity contribution is -0.0473. The van der Waals surface area contributed by atoms with Crippen LogP contribution in [0.2, 0.25) is 0 Å². The van der Waals surface area contributed by atoms with Crippen LogP contribution in [0.15, 0.2) is 30.3 Å². The number of aliphatic hydroxyl groups is 1. The molecule has 0 bridgehead atoms. The molecule has 3 heteroatoms. The molecule has 0 spiro atoms. The van der Waals surface area contributed by atoms with Crippen LogP contribution >= 0.6 is 0 Å². The maximum Gasteiger partial charge on any atom is 0.134 e. The lowest BCUT2D eigenvalue weighted by atomic mass is 9.87. The minimum Gasteiger partial charge on any atom is -0.484 e. The van der Waals surface area contributed by atoms with Gasteiger partial charge in [-0.2, -0.15) is 0 Å². The highest BCUT2D eigenvalue weighted by Gasteiger charge is 2.43. The van der Waals surface area contributed by atoms with Gasteiger partial charge in [-0.25, -0.2) is 0 Å². The van der Waals surface area contributed by atoms with Crippen LogP contribution in [0.1, 0.15) is 49.1 Å². The minimum absolute atomic E-state index is 0.0502. The molecule has 0 fully saturated rings. The molecule has 0 amide bonds. The summed E-state index contributed by atoms with van der Waals surface area (Å²) in [6, 6.07) is 10.2. The number of hydrogen-bond donors (Lipinski definition) is 1. The summed E-state index contributed by atoms with van der Waals surface area (Å²) in [4.78, 5) is 0. The van der Waals surface area contributed by atoms with Gasteiger partial charge in [0.1, 0.15) is 17.5 Å². The number of ether oxygens (including phenoxy) is 2. The van der Waals surface area contributed by atoms with E-state index in [9.17, 15) is 5.11 Å². The van der Waals surface area contributed by atoms with Crippen molar-refractivity contribution in [1.82, 2.24) is 0 Å². The SMILES string of the molecule is CCOC1c2c(cc(C)c(-c3cccc(CO)c3)c2C)OC1(C)C. The topological polar surface area (TPSA) is 38.7 Å². The molecule has 0 aliphatic carbocycles. The van der Waals surface area contributed by atoms with Gasteiger partial charge in [-0.3, -0.25) is 0 Å². The smallest absolute Gasteiger partial charge is 0.134 e. The predicted octanol–water partition coefficient (Wildman–Crippen LogP) is 4.71. The van der Waals surface area contributed by atoms with Gasteiger partial charge in [-0.05, 0) is 74.6 Å². The van der Waals surface area contributed by atoms with E-state index in [2.05, 4.69) is 45.9 Å². The first kappa shape index (κ1) is 17.0. The lowest BCUT2D eigenvalue weighted by Crippen LogP contribution is -2.32. The van der Waals surface area contributed by atoms with E-state index in [0.717, 1.165) is 22.4 Å². The van der Waals surface area contributed by atoms with Gasteiger partial charge in [0.15, 0.2) is 0 Å². The average Bonchev–Trinajstić information content (AvgIpc) is 2.78. The summed E-state index contributed by atoms with van der Waals surface area (Å²) in [6.07, 6.45) is -0.0714. The Morgan fingerprint density at radius 3 is 2.62 bits per heavy atom. The molecule has 0 aromatic heterocycles. The van der Waals surface area contributed by atoms with Crippen LogP contribution in [0.3, 0.4) is 0 Å². The molecule has 2 aromatic carbocycles. The number of benzene rings is 2. The van der Waals surface area contributed by atoms with Crippen LogP contribution in [0.25, 0.3) is 11.1 Å². The van der Waals surface area contributed by atoms with Crippen LogP contribution in [0.4, 0.5) is 0 Å². The Labute approximate surface area is 144 Å². The van der Waals surface area contributed by atoms with Gasteiger partial charge >= 0.3 is 0 Å². The second-order valence-electron chi connectivity index (χ2n) is 7.00. The summed E-state index contributed by atoms with van der Waals surface area (Å²) in [7, 11) is 0. The summed E-state index contributed by atoms with van der Waals surface area (Å²) in [6.45, 7) is 11.1. The minimum atomic E-state index is -0.374. The fourth-order valence-electron chi connectivity index (χ4n) is 3.78. The van der Waals surface area contributed by atoms with E-state index in [1.54, 1.807) is 0 Å². The van der Waals surface area contributed by atoms with Gasteiger partial charge in [-0.15, -0.1) is 0 Å². The Hall–Kier alpha value is -1.84. The van der Waals surface area contributed by atoms with E-state index in [0.29, 0.717) is 6.61 Å². The molecule has 3 rings (SSSR count). The van der Waals surface area contributed by atoms with E-state index in [1.165, 1.54) is 16.7 Å². The molecule has 0 saturated heterocycles. The molecule has 1 aliphatic rings. The van der Waals surface area contributed by atoms with Crippen molar-refractivity contribution in [3.05, 3.63) is 52.6 Å². The molecule has 2 aromatic rings. The summed E-state index contributed by atoms with van der Waals surface area (Å²) < 4.78 is 12.2. The van der Waals surface area contributed by atoms with Crippen LogP contribution in [-0.2, 0) is 11.3 Å². The summed E-state index contributed by atoms with van der Waals surface area (Å²) in [5.41, 5.74) is 6.40. The maximum atomic E-state index is 9.44. The van der Waals surface area contributed by atoms with Crippen molar-refractivity contribution < 1.29 is 14.6 Å². The Bertz CT molecular complexity index is 762. The van der Waals surface area contributed by atoms with Gasteiger partial charge in [-0.1, -0.05) is 18.2 Å². The number of rotatable bonds is 4. The van der Waals surface area contributed by atoms with Gasteiger partial charge in [0.25, 0.3) is 0 Å². The predicted molar refractivity (Wildman–Crippen MR) is 96.3 cm³/mol. The third-order valence-electron chi connectivity index (χ3n) is 4.78. The first-order chi connectivity index (χ1) is 11.4. The molecule has 1 heterocycles. The molecule has 1 aliphatic heterocycles. The normalized spacial score (nSPS) is 18.3. The third kappa shape index (κ3) is 2.72. The number of fused-ring (bicyclic) bond motifs is 1. The van der Waals surface area contributed by atoms with Gasteiger partial charge in [0.2, 0.25) is 0 Å². The fourth-order valence-corrected chi connectivity index (χ4v) is 3.78. The van der Waals surface area contributed by atoms with Crippen LogP contribution in [0, 0.1) is 13.8 Å². The Morgan fingerprint density at radius 1 is 1.21 bits per heavy atom. The lowest BCUT2D eigenvalue weighted by Gasteiger charge is -2.26. The number of aryl methyl sites for hydroxylation is 1. The standard InChI is InChI=1S/C21H26O3/c1-6-23-20-19-14(3)18(16-9-7-8-15(11-16)12-22)13(2)10-17(19)24-21(20,4)5/h7-11,20,22H,6,12H2,1-5H3. The molecule has 1 atom stereocenters. The quantitative estimate of drug-likeness (QED) is 0.884. The largest absolute Gasteiger partial charge is 0.484 e. The van der Waals surface area contributed by atoms with Gasteiger partial charge in [0, 0.05) is 12.2 Å². The molecular weight excluding hydrogens is 300 g/mol. The molecule has 1 unspecified atom stereocenters. The number of hydrogen-bond acceptors (Lipinski definition) is 3. The molecule has 24 heavy (non-hydrogen) atoms. The Morgan fingerprint density at radius 2 is 1.96 bits per heavy atom. The Balaban J connectivity index is 2.19. The van der Waals surface area contributed by atoms with Gasteiger partial charge < -0.3 is 14.6 Å². The molecule has 0 saturated carbocycles. The summed E-state index contributed by atoms with van der Waals surface area (Å²) in [5, 5.41) is 9.44. The zero-order valence-electron chi connectivity index (χ0n) is 15.1. The van der Waals surface area contributed by atoms with E-state index >= 15 is 0 Å². The van der Waals surface area contributed by atoms with Crippen molar-refractivity contribution in [1.29, 1.82) is 0 Å². The van der Waals surface area contributed by atoms with Crippen molar-refractivity contribution >= 4 is 0 Å². The van der Waals surface area contributed by atoms with E-state index in [4.69, 9.17) is 9.47 Å². The Kier molecular flexibility index (Phi) is 4.41. The molecular formula is C21H26O3. The van der Waals surface area contributed by atoms with Crippen molar-refractivity contribution in [2.24, 2.45) is 0 Å². The van der Waals surface area contributed by atoms with Crippen LogP contribution in [-0.4, -0.2) is 17.3 Å². The second-order valence-corrected chi connectivity index (χ2v) is 7.00. The van der Waals surface area contributed by atoms with Gasteiger partial charge in [0.05, 0.1) is 6.61 Å². The van der Waals surface area contributed by atoms with Crippen LogP contribution in [0.5, 0.6) is 5.75 Å². The molecule has 1 N–H and O–H groups in total. The van der Waals surface area contributed by atoms with Crippen molar-refractivity contribution in [2.45, 2.75) is 52.9 Å². The fraction of sp³-hybridized carbons (Fsp3) is 0.429. The van der Waals surface area contributed by atoms with Crippen molar-refractivity contribution in [2.75, 3.05) is 6.61 Å². The first-order valence-electron chi connectivity index (χ1n) is 8.54. The first-order valence-corrected chi connectivity index (χ1v) is 8.54. The summed E-state index contributed by atoms with van der Waals surface area (Å²) in [5.74, 6) is 0.926. The zero-order valence-corrected chi connectivity index (χ0v) is 15.1. The van der Waals surface area contributed by atoms with Crippen molar-refractivity contribution in [3.8, 4) is 16.9 Å². The van der Waals surface area contributed by atoms with E-state index in [-0.39, 0.29) is 18.3 Å². The maximum absolute atomic E-state index is 9.44. The molecule has 0 radical (unpaired) electrons. The number of aliphatic hydroxyl groups excluding tert-OH is 1. The highest BCUT2D eigenvalue weighted by Crippen LogP contribution is 2.49. The average molecular weight is 326 g/mol. The van der Waals surface area contributed by atoms with Crippen molar-refractivity contribution in [3.63, 3.8) is 0 Å². The second kappa shape index (κ2) is 6.23. The van der Waals surface area contributed by atoms with E-state index in [1.807, 2.05) is 19.1 Å². The third-order valence-corrected chi connectivity index (χ3v) is 4.78. The molecule has 3 nitrogen and oxygen atoms in total. The van der Waals surface area contributed by atoms with Crippen LogP contribution < -0.4 is 4.74 Å². The zero-order chi connectivity index (χ0) is 17.5. The highest BCUT2D eigenvalue weighted by molar-refractivity contribution is 5.75. The summed E-state index contributed by atoms with van der Waals surface area (Å²) >= 11 is 0. The highest BCUT2D eigenvalue weighted by atomic mass is 16.6.